The molecule has 5 rings (SSSR count). The molecule has 4 aromatic rings. The van der Waals surface area contributed by atoms with Gasteiger partial charge in [-0.2, -0.15) is 0 Å². The van der Waals surface area contributed by atoms with Crippen LogP contribution in [-0.2, 0) is 9.59 Å². The molecule has 32 heavy (non-hydrogen) atoms. The normalized spacial score (nSPS) is 14.5. The van der Waals surface area contributed by atoms with Crippen LogP contribution in [0, 0.1) is 0 Å². The third-order valence-corrected chi connectivity index (χ3v) is 6.70. The Morgan fingerprint density at radius 3 is 2.84 bits per heavy atom. The van der Waals surface area contributed by atoms with E-state index in [1.54, 1.807) is 11.3 Å². The summed E-state index contributed by atoms with van der Waals surface area (Å²) in [4.78, 5) is 31.6. The average Bonchev–Trinajstić information content (AvgIpc) is 3.46. The van der Waals surface area contributed by atoms with Crippen LogP contribution >= 0.6 is 11.3 Å². The highest BCUT2D eigenvalue weighted by molar-refractivity contribution is 7.10. The van der Waals surface area contributed by atoms with Gasteiger partial charge in [-0.15, -0.1) is 11.3 Å². The third-order valence-electron chi connectivity index (χ3n) is 5.72. The maximum absolute atomic E-state index is 12.9. The molecule has 2 N–H and O–H groups in total. The van der Waals surface area contributed by atoms with Gasteiger partial charge in [-0.25, -0.2) is 0 Å². The minimum Gasteiger partial charge on any atom is -0.491 e. The van der Waals surface area contributed by atoms with Crippen molar-refractivity contribution < 1.29 is 14.3 Å². The van der Waals surface area contributed by atoms with Gasteiger partial charge in [0.1, 0.15) is 12.3 Å². The van der Waals surface area contributed by atoms with E-state index in [1.807, 2.05) is 60.1 Å². The molecule has 2 aromatic heterocycles. The number of hydrogen-bond acceptors (Lipinski definition) is 4. The summed E-state index contributed by atoms with van der Waals surface area (Å²) in [5.74, 6) is 0.333. The van der Waals surface area contributed by atoms with Crippen LogP contribution in [0.1, 0.15) is 22.8 Å². The van der Waals surface area contributed by atoms with Gasteiger partial charge in [-0.1, -0.05) is 36.4 Å². The number of aromatic nitrogens is 1. The summed E-state index contributed by atoms with van der Waals surface area (Å²) in [7, 11) is 0. The van der Waals surface area contributed by atoms with Crippen molar-refractivity contribution in [3.8, 4) is 5.75 Å². The number of benzene rings is 2. The van der Waals surface area contributed by atoms with Crippen molar-refractivity contribution in [2.75, 3.05) is 24.6 Å². The topological polar surface area (TPSA) is 74.4 Å². The second kappa shape index (κ2) is 8.88. The van der Waals surface area contributed by atoms with Crippen LogP contribution in [0.4, 0.5) is 5.69 Å². The number of para-hydroxylation sites is 3. The van der Waals surface area contributed by atoms with E-state index in [-0.39, 0.29) is 30.7 Å². The lowest BCUT2D eigenvalue weighted by molar-refractivity contribution is -0.123. The van der Waals surface area contributed by atoms with Crippen LogP contribution in [0.3, 0.4) is 0 Å². The predicted molar refractivity (Wildman–Crippen MR) is 126 cm³/mol. The Kier molecular flexibility index (Phi) is 5.64. The van der Waals surface area contributed by atoms with Gasteiger partial charge in [0.25, 0.3) is 0 Å². The number of thiophene rings is 1. The van der Waals surface area contributed by atoms with Crippen LogP contribution < -0.4 is 15.0 Å². The monoisotopic (exact) mass is 445 g/mol. The Morgan fingerprint density at radius 1 is 1.12 bits per heavy atom. The molecule has 1 aliphatic rings. The van der Waals surface area contributed by atoms with Crippen LogP contribution in [0.25, 0.3) is 10.9 Å². The maximum Gasteiger partial charge on any atom is 0.240 e. The highest BCUT2D eigenvalue weighted by atomic mass is 32.1. The van der Waals surface area contributed by atoms with Crippen molar-refractivity contribution in [2.24, 2.45) is 0 Å². The van der Waals surface area contributed by atoms with E-state index in [0.717, 1.165) is 16.5 Å². The van der Waals surface area contributed by atoms with Crippen molar-refractivity contribution >= 4 is 39.7 Å². The Labute approximate surface area is 189 Å². The van der Waals surface area contributed by atoms with E-state index in [2.05, 4.69) is 22.4 Å². The summed E-state index contributed by atoms with van der Waals surface area (Å²) >= 11 is 1.67. The summed E-state index contributed by atoms with van der Waals surface area (Å²) in [6.07, 6.45) is 2.27. The average molecular weight is 446 g/mol. The molecule has 6 nitrogen and oxygen atoms in total. The molecule has 1 aliphatic heterocycles. The fourth-order valence-corrected chi connectivity index (χ4v) is 4.99. The minimum absolute atomic E-state index is 0.0190. The first-order valence-electron chi connectivity index (χ1n) is 10.6. The highest BCUT2D eigenvalue weighted by Gasteiger charge is 2.26. The summed E-state index contributed by atoms with van der Waals surface area (Å²) in [6, 6.07) is 19.6. The first kappa shape index (κ1) is 20.3. The number of nitrogens with zero attached hydrogens (tertiary/aromatic N) is 1. The van der Waals surface area contributed by atoms with E-state index in [0.29, 0.717) is 24.6 Å². The third kappa shape index (κ3) is 3.99. The van der Waals surface area contributed by atoms with Gasteiger partial charge < -0.3 is 15.0 Å². The van der Waals surface area contributed by atoms with E-state index in [4.69, 9.17) is 4.74 Å². The zero-order valence-electron chi connectivity index (χ0n) is 17.4. The van der Waals surface area contributed by atoms with Crippen molar-refractivity contribution in [2.45, 2.75) is 12.3 Å². The van der Waals surface area contributed by atoms with Gasteiger partial charge in [-0.05, 0) is 35.2 Å². The second-order valence-electron chi connectivity index (χ2n) is 7.71. The molecule has 0 radical (unpaired) electrons. The first-order valence-corrected chi connectivity index (χ1v) is 11.5. The lowest BCUT2D eigenvalue weighted by Crippen LogP contribution is -2.41. The molecule has 0 saturated carbocycles. The lowest BCUT2D eigenvalue weighted by atomic mass is 9.96. The molecule has 0 saturated heterocycles. The predicted octanol–water partition coefficient (Wildman–Crippen LogP) is 4.29. The SMILES string of the molecule is O=C(CN1C(=O)CCOc2ccccc21)NCC(c1cccs1)c1c[nH]c2ccccc12. The van der Waals surface area contributed by atoms with Crippen LogP contribution in [0.2, 0.25) is 0 Å². The summed E-state index contributed by atoms with van der Waals surface area (Å²) < 4.78 is 5.67. The van der Waals surface area contributed by atoms with Crippen molar-refractivity contribution in [3.05, 3.63) is 82.7 Å². The van der Waals surface area contributed by atoms with Gasteiger partial charge in [0.15, 0.2) is 0 Å². The molecule has 7 heteroatoms. The number of nitrogens with one attached hydrogen (secondary N) is 2. The van der Waals surface area contributed by atoms with Gasteiger partial charge in [0, 0.05) is 34.4 Å². The number of hydrogen-bond donors (Lipinski definition) is 2. The lowest BCUT2D eigenvalue weighted by Gasteiger charge is -2.22. The fraction of sp³-hybridized carbons (Fsp3) is 0.200. The minimum atomic E-state index is -0.198. The fourth-order valence-electron chi connectivity index (χ4n) is 4.14. The number of carbonyl (C=O) groups is 2. The molecule has 2 amide bonds. The number of amides is 2. The van der Waals surface area contributed by atoms with Crippen LogP contribution in [0.5, 0.6) is 5.75 Å². The van der Waals surface area contributed by atoms with Crippen molar-refractivity contribution in [1.29, 1.82) is 0 Å². The Morgan fingerprint density at radius 2 is 1.97 bits per heavy atom. The van der Waals surface area contributed by atoms with Gasteiger partial charge >= 0.3 is 0 Å². The van der Waals surface area contributed by atoms with E-state index in [9.17, 15) is 9.59 Å². The number of anilines is 1. The number of H-pyrrole nitrogens is 1. The van der Waals surface area contributed by atoms with Crippen molar-refractivity contribution in [3.63, 3.8) is 0 Å². The number of rotatable bonds is 6. The van der Waals surface area contributed by atoms with E-state index >= 15 is 0 Å². The number of aromatic amines is 1. The van der Waals surface area contributed by atoms with E-state index in [1.165, 1.54) is 9.78 Å². The number of fused-ring (bicyclic) bond motifs is 2. The number of carbonyl (C=O) groups excluding carboxylic acids is 2. The highest BCUT2D eigenvalue weighted by Crippen LogP contribution is 2.33. The van der Waals surface area contributed by atoms with Gasteiger partial charge in [0.2, 0.25) is 11.8 Å². The standard InChI is InChI=1S/C25H23N3O3S/c29-24(16-28-21-8-3-4-9-22(21)31-12-11-25(28)30)27-15-19(23-10-5-13-32-23)18-14-26-20-7-2-1-6-17(18)20/h1-10,13-14,19,26H,11-12,15-16H2,(H,27,29). The molecule has 162 valence electrons. The summed E-state index contributed by atoms with van der Waals surface area (Å²) in [5, 5.41) is 6.26. The smallest absolute Gasteiger partial charge is 0.240 e. The molecule has 0 aliphatic carbocycles. The Balaban J connectivity index is 1.35. The molecule has 1 atom stereocenters. The zero-order chi connectivity index (χ0) is 21.9. The maximum atomic E-state index is 12.9. The molecule has 0 spiro atoms. The van der Waals surface area contributed by atoms with Crippen molar-refractivity contribution in [1.82, 2.24) is 10.3 Å². The Bertz CT molecular complexity index is 1250. The Hall–Kier alpha value is -3.58. The molecular weight excluding hydrogens is 422 g/mol. The molecular formula is C25H23N3O3S. The second-order valence-corrected chi connectivity index (χ2v) is 8.69. The largest absolute Gasteiger partial charge is 0.491 e. The van der Waals surface area contributed by atoms with E-state index < -0.39 is 0 Å². The summed E-state index contributed by atoms with van der Waals surface area (Å²) in [6.45, 7) is 0.723. The van der Waals surface area contributed by atoms with Crippen LogP contribution in [0.15, 0.2) is 72.2 Å². The van der Waals surface area contributed by atoms with Gasteiger partial charge in [0.05, 0.1) is 18.7 Å². The quantitative estimate of drug-likeness (QED) is 0.465. The molecule has 1 unspecified atom stereocenters. The molecule has 2 aromatic carbocycles. The molecule has 0 bridgehead atoms. The van der Waals surface area contributed by atoms with Crippen LogP contribution in [-0.4, -0.2) is 36.5 Å². The number of ether oxygens (including phenoxy) is 1. The summed E-state index contributed by atoms with van der Waals surface area (Å²) in [5.41, 5.74) is 2.85. The molecule has 3 heterocycles. The first-order chi connectivity index (χ1) is 15.7. The van der Waals surface area contributed by atoms with Gasteiger partial charge in [-0.3, -0.25) is 14.5 Å². The zero-order valence-corrected chi connectivity index (χ0v) is 18.2. The molecule has 0 fully saturated rings.